The maximum absolute atomic E-state index is 2.38. The number of fused-ring (bicyclic) bond motifs is 2. The Kier molecular flexibility index (Phi) is 1.11. The van der Waals surface area contributed by atoms with Crippen molar-refractivity contribution in [1.29, 1.82) is 0 Å². The lowest BCUT2D eigenvalue weighted by Crippen LogP contribution is -2.06. The van der Waals surface area contributed by atoms with Gasteiger partial charge in [-0.25, -0.2) is 0 Å². The highest BCUT2D eigenvalue weighted by Gasteiger charge is 2.23. The van der Waals surface area contributed by atoms with Crippen molar-refractivity contribution in [2.24, 2.45) is 0 Å². The Morgan fingerprint density at radius 2 is 1.75 bits per heavy atom. The van der Waals surface area contributed by atoms with Crippen LogP contribution in [0.3, 0.4) is 0 Å². The molecule has 1 fully saturated rings. The van der Waals surface area contributed by atoms with Crippen LogP contribution in [0.1, 0.15) is 19.3 Å². The van der Waals surface area contributed by atoms with E-state index < -0.39 is 0 Å². The lowest BCUT2D eigenvalue weighted by atomic mass is 10.2. The molecule has 0 aromatic rings. The Hall–Kier alpha value is 0.0900. The van der Waals surface area contributed by atoms with E-state index in [1.165, 1.54) is 19.3 Å². The predicted octanol–water partition coefficient (Wildman–Crippen LogP) is 2.21. The van der Waals surface area contributed by atoms with Crippen molar-refractivity contribution in [3.8, 4) is 0 Å². The molecule has 2 heterocycles. The molecule has 1 heteroatoms. The first-order valence-electron chi connectivity index (χ1n) is 3.29. The fourth-order valence-corrected chi connectivity index (χ4v) is 2.83. The van der Waals surface area contributed by atoms with E-state index in [2.05, 4.69) is 23.9 Å². The first-order valence-corrected chi connectivity index (χ1v) is 4.23. The minimum atomic E-state index is 0.897. The minimum absolute atomic E-state index is 0.897. The van der Waals surface area contributed by atoms with E-state index in [4.69, 9.17) is 0 Å². The summed E-state index contributed by atoms with van der Waals surface area (Å²) in [7, 11) is 0. The molecule has 0 amide bonds. The first-order chi connectivity index (χ1) is 3.95. The van der Waals surface area contributed by atoms with Gasteiger partial charge in [0.2, 0.25) is 0 Å². The van der Waals surface area contributed by atoms with E-state index in [0.29, 0.717) is 0 Å². The van der Waals surface area contributed by atoms with Gasteiger partial charge in [-0.15, -0.1) is 11.8 Å². The first kappa shape index (κ1) is 4.92. The van der Waals surface area contributed by atoms with Crippen LogP contribution in [0.25, 0.3) is 0 Å². The molecule has 2 rings (SSSR count). The van der Waals surface area contributed by atoms with Crippen molar-refractivity contribution in [1.82, 2.24) is 0 Å². The van der Waals surface area contributed by atoms with Gasteiger partial charge in [-0.3, -0.25) is 0 Å². The number of rotatable bonds is 0. The van der Waals surface area contributed by atoms with Gasteiger partial charge in [0.15, 0.2) is 0 Å². The molecule has 0 saturated carbocycles. The topological polar surface area (TPSA) is 0 Å². The second-order valence-electron chi connectivity index (χ2n) is 2.53. The van der Waals surface area contributed by atoms with Crippen LogP contribution >= 0.6 is 11.8 Å². The Bertz CT molecular complexity index is 106. The molecule has 0 spiro atoms. The molecule has 8 heavy (non-hydrogen) atoms. The molecule has 1 saturated heterocycles. The number of hydrogen-bond donors (Lipinski definition) is 0. The van der Waals surface area contributed by atoms with E-state index in [1.54, 1.807) is 0 Å². The van der Waals surface area contributed by atoms with Crippen molar-refractivity contribution >= 4 is 11.8 Å². The molecule has 0 nitrogen and oxygen atoms in total. The normalized spacial score (nSPS) is 43.0. The Balaban J connectivity index is 2.13. The second kappa shape index (κ2) is 1.80. The zero-order valence-corrected chi connectivity index (χ0v) is 5.66. The van der Waals surface area contributed by atoms with Gasteiger partial charge in [0.1, 0.15) is 0 Å². The summed E-state index contributed by atoms with van der Waals surface area (Å²) in [5, 5.41) is 1.79. The molecule has 0 aliphatic carbocycles. The van der Waals surface area contributed by atoms with Gasteiger partial charge < -0.3 is 0 Å². The van der Waals surface area contributed by atoms with E-state index in [-0.39, 0.29) is 0 Å². The summed E-state index contributed by atoms with van der Waals surface area (Å²) >= 11 is 2.14. The van der Waals surface area contributed by atoms with Crippen molar-refractivity contribution < 1.29 is 0 Å². The molecule has 2 bridgehead atoms. The predicted molar refractivity (Wildman–Crippen MR) is 38.2 cm³/mol. The Labute approximate surface area is 54.4 Å². The Morgan fingerprint density at radius 1 is 1.12 bits per heavy atom. The smallest absolute Gasteiger partial charge is 0.0233 e. The molecular weight excluding hydrogens is 116 g/mol. The monoisotopic (exact) mass is 126 g/mol. The maximum atomic E-state index is 2.38. The van der Waals surface area contributed by atoms with Gasteiger partial charge in [0, 0.05) is 10.5 Å². The van der Waals surface area contributed by atoms with Crippen LogP contribution in [0.2, 0.25) is 0 Å². The summed E-state index contributed by atoms with van der Waals surface area (Å²) in [6, 6.07) is 0. The van der Waals surface area contributed by atoms with Crippen LogP contribution in [0.5, 0.6) is 0 Å². The fourth-order valence-electron chi connectivity index (χ4n) is 1.41. The zero-order chi connectivity index (χ0) is 5.40. The van der Waals surface area contributed by atoms with Crippen LogP contribution in [0.15, 0.2) is 12.2 Å². The average Bonchev–Trinajstić information content (AvgIpc) is 2.12. The second-order valence-corrected chi connectivity index (χ2v) is 4.01. The van der Waals surface area contributed by atoms with Gasteiger partial charge in [-0.1, -0.05) is 18.6 Å². The number of thioether (sulfide) groups is 1. The molecule has 2 atom stereocenters. The summed E-state index contributed by atoms with van der Waals surface area (Å²) < 4.78 is 0. The third-order valence-corrected chi connectivity index (χ3v) is 3.35. The highest BCUT2D eigenvalue weighted by molar-refractivity contribution is 8.01. The van der Waals surface area contributed by atoms with Crippen molar-refractivity contribution in [2.45, 2.75) is 29.8 Å². The summed E-state index contributed by atoms with van der Waals surface area (Å²) in [6.45, 7) is 0. The van der Waals surface area contributed by atoms with E-state index >= 15 is 0 Å². The molecule has 0 N–H and O–H groups in total. The molecule has 0 aromatic carbocycles. The largest absolute Gasteiger partial charge is 0.147 e. The van der Waals surface area contributed by atoms with Crippen molar-refractivity contribution in [3.63, 3.8) is 0 Å². The quantitative estimate of drug-likeness (QED) is 0.448. The minimum Gasteiger partial charge on any atom is -0.147 e. The third kappa shape index (κ3) is 0.693. The van der Waals surface area contributed by atoms with Gasteiger partial charge >= 0.3 is 0 Å². The molecular formula is C7H10S. The summed E-state index contributed by atoms with van der Waals surface area (Å²) in [6.07, 6.45) is 9.06. The Morgan fingerprint density at radius 3 is 2.25 bits per heavy atom. The maximum Gasteiger partial charge on any atom is 0.0233 e. The van der Waals surface area contributed by atoms with E-state index in [0.717, 1.165) is 10.5 Å². The fraction of sp³-hybridized carbons (Fsp3) is 0.714. The lowest BCUT2D eigenvalue weighted by Gasteiger charge is -2.17. The number of hydrogen-bond acceptors (Lipinski definition) is 1. The molecule has 0 radical (unpaired) electrons. The van der Waals surface area contributed by atoms with Crippen molar-refractivity contribution in [2.75, 3.05) is 0 Å². The van der Waals surface area contributed by atoms with Crippen LogP contribution in [-0.4, -0.2) is 10.5 Å². The molecule has 2 aliphatic heterocycles. The summed E-state index contributed by atoms with van der Waals surface area (Å²) in [5.41, 5.74) is 0. The molecule has 2 unspecified atom stereocenters. The molecule has 0 aromatic heterocycles. The van der Waals surface area contributed by atoms with Crippen LogP contribution in [-0.2, 0) is 0 Å². The third-order valence-electron chi connectivity index (χ3n) is 1.87. The van der Waals surface area contributed by atoms with Gasteiger partial charge in [-0.05, 0) is 12.8 Å². The molecule has 2 aliphatic rings. The zero-order valence-electron chi connectivity index (χ0n) is 4.84. The van der Waals surface area contributed by atoms with Crippen LogP contribution < -0.4 is 0 Å². The SMILES string of the molecule is C1=CC2CCCC1S2. The highest BCUT2D eigenvalue weighted by Crippen LogP contribution is 2.38. The van der Waals surface area contributed by atoms with Gasteiger partial charge in [-0.2, -0.15) is 0 Å². The summed E-state index contributed by atoms with van der Waals surface area (Å²) in [4.78, 5) is 0. The van der Waals surface area contributed by atoms with Crippen LogP contribution in [0, 0.1) is 0 Å². The summed E-state index contributed by atoms with van der Waals surface area (Å²) in [5.74, 6) is 0. The average molecular weight is 126 g/mol. The van der Waals surface area contributed by atoms with Gasteiger partial charge in [0.25, 0.3) is 0 Å². The van der Waals surface area contributed by atoms with E-state index in [9.17, 15) is 0 Å². The van der Waals surface area contributed by atoms with Gasteiger partial charge in [0.05, 0.1) is 0 Å². The van der Waals surface area contributed by atoms with E-state index in [1.807, 2.05) is 0 Å². The highest BCUT2D eigenvalue weighted by atomic mass is 32.2. The standard InChI is InChI=1S/C7H10S/c1-2-6-4-5-7(3-1)8-6/h4-7H,1-3H2. The van der Waals surface area contributed by atoms with Crippen molar-refractivity contribution in [3.05, 3.63) is 12.2 Å². The molecule has 44 valence electrons. The lowest BCUT2D eigenvalue weighted by molar-refractivity contribution is 0.704. The van der Waals surface area contributed by atoms with Crippen LogP contribution in [0.4, 0.5) is 0 Å².